The maximum atomic E-state index is 11.7. The van der Waals surface area contributed by atoms with E-state index in [0.717, 1.165) is 57.8 Å². The Balaban J connectivity index is 1.52. The van der Waals surface area contributed by atoms with Crippen molar-refractivity contribution in [2.45, 2.75) is 95.4 Å². The number of unbranched alkanes of at least 4 members (excludes halogenated alkanes) is 1. The van der Waals surface area contributed by atoms with Gasteiger partial charge in [-0.2, -0.15) is 0 Å². The van der Waals surface area contributed by atoms with Crippen LogP contribution in [0.25, 0.3) is 0 Å². The van der Waals surface area contributed by atoms with Crippen molar-refractivity contribution in [3.05, 3.63) is 34.2 Å². The van der Waals surface area contributed by atoms with Crippen molar-refractivity contribution in [3.8, 4) is 0 Å². The molecule has 1 aromatic heterocycles. The van der Waals surface area contributed by atoms with Crippen LogP contribution in [0.15, 0.2) is 29.3 Å². The topological polar surface area (TPSA) is 94.5 Å². The summed E-state index contributed by atoms with van der Waals surface area (Å²) in [5.41, 5.74) is 0. The van der Waals surface area contributed by atoms with Crippen LogP contribution in [0.2, 0.25) is 0 Å². The second-order valence-electron chi connectivity index (χ2n) is 9.55. The number of ether oxygens (including phenoxy) is 4. The molecule has 0 amide bonds. The fourth-order valence-electron chi connectivity index (χ4n) is 5.28. The molecule has 4 rings (SSSR count). The summed E-state index contributed by atoms with van der Waals surface area (Å²) in [5.74, 6) is -1.03. The van der Waals surface area contributed by atoms with Crippen LogP contribution in [0.3, 0.4) is 0 Å². The lowest BCUT2D eigenvalue weighted by Crippen LogP contribution is -2.35. The number of aliphatic hydroxyl groups excluding tert-OH is 1. The predicted molar refractivity (Wildman–Crippen MR) is 128 cm³/mol. The van der Waals surface area contributed by atoms with Gasteiger partial charge in [0.2, 0.25) is 0 Å². The van der Waals surface area contributed by atoms with E-state index >= 15 is 0 Å². The van der Waals surface area contributed by atoms with Crippen LogP contribution in [0, 0.1) is 11.8 Å². The van der Waals surface area contributed by atoms with Gasteiger partial charge in [0.25, 0.3) is 0 Å². The Bertz CT molecular complexity index is 768. The van der Waals surface area contributed by atoms with Crippen LogP contribution in [0.4, 0.5) is 0 Å². The minimum Gasteiger partial charge on any atom is -0.481 e. The first-order valence-corrected chi connectivity index (χ1v) is 13.7. The molecule has 190 valence electrons. The zero-order valence-corrected chi connectivity index (χ0v) is 20.6. The van der Waals surface area contributed by atoms with Gasteiger partial charge in [0, 0.05) is 36.2 Å². The molecule has 2 saturated heterocycles. The van der Waals surface area contributed by atoms with Gasteiger partial charge < -0.3 is 29.2 Å². The summed E-state index contributed by atoms with van der Waals surface area (Å²) in [5, 5.41) is 22.5. The summed E-state index contributed by atoms with van der Waals surface area (Å²) in [6, 6.07) is 4.21. The summed E-state index contributed by atoms with van der Waals surface area (Å²) in [4.78, 5) is 13.0. The number of thiophene rings is 1. The number of rotatable bonds is 11. The minimum absolute atomic E-state index is 0.126. The quantitative estimate of drug-likeness (QED) is 0.334. The highest BCUT2D eigenvalue weighted by atomic mass is 32.1. The maximum absolute atomic E-state index is 11.7. The smallest absolute Gasteiger partial charge is 0.303 e. The average molecular weight is 495 g/mol. The molecule has 0 bridgehead atoms. The molecule has 34 heavy (non-hydrogen) atoms. The van der Waals surface area contributed by atoms with Crippen molar-refractivity contribution in [1.29, 1.82) is 0 Å². The number of carboxylic acid groups (broad SMARTS) is 1. The molecule has 1 aromatic rings. The Morgan fingerprint density at radius 1 is 1.15 bits per heavy atom. The molecule has 0 aromatic carbocycles. The number of allylic oxidation sites excluding steroid dienone is 1. The number of aliphatic carboxylic acids is 1. The Morgan fingerprint density at radius 3 is 2.56 bits per heavy atom. The number of carbonyl (C=O) groups is 1. The standard InChI is InChI=1S/C26H38O7S/c27-20-17-22(33-25-12-4-6-14-31-25)26(19(20)16-23(28)29)21(32-24-11-3-5-13-30-24)10-2-1-8-18-9-7-15-34-18/h7,9-10,15,19-20,22,24-27H,1-6,8,11-14,16-17H2,(H,28,29)/t19-,20-,22+,24?,25?,26-/m0/s1. The van der Waals surface area contributed by atoms with Crippen LogP contribution in [0.1, 0.15) is 69.1 Å². The van der Waals surface area contributed by atoms with E-state index in [2.05, 4.69) is 23.6 Å². The first kappa shape index (κ1) is 25.6. The highest BCUT2D eigenvalue weighted by Gasteiger charge is 2.48. The van der Waals surface area contributed by atoms with Crippen LogP contribution in [0.5, 0.6) is 0 Å². The van der Waals surface area contributed by atoms with Gasteiger partial charge in [-0.1, -0.05) is 6.07 Å². The van der Waals surface area contributed by atoms with Gasteiger partial charge in [0.1, 0.15) is 5.76 Å². The number of hydrogen-bond donors (Lipinski definition) is 2. The Morgan fingerprint density at radius 2 is 1.91 bits per heavy atom. The molecule has 2 N–H and O–H groups in total. The second-order valence-corrected chi connectivity index (χ2v) is 10.6. The van der Waals surface area contributed by atoms with E-state index in [1.165, 1.54) is 4.88 Å². The van der Waals surface area contributed by atoms with Gasteiger partial charge in [0.15, 0.2) is 12.6 Å². The van der Waals surface area contributed by atoms with Crippen LogP contribution in [-0.2, 0) is 30.2 Å². The molecular formula is C26H38O7S. The number of carboxylic acids is 1. The summed E-state index contributed by atoms with van der Waals surface area (Å²) in [7, 11) is 0. The third-order valence-corrected chi connectivity index (χ3v) is 7.93. The van der Waals surface area contributed by atoms with Gasteiger partial charge in [-0.25, -0.2) is 0 Å². The first-order valence-electron chi connectivity index (χ1n) is 12.8. The summed E-state index contributed by atoms with van der Waals surface area (Å²) in [6.07, 6.45) is 9.08. The van der Waals surface area contributed by atoms with Gasteiger partial charge in [-0.15, -0.1) is 11.3 Å². The van der Waals surface area contributed by atoms with E-state index in [0.29, 0.717) is 25.4 Å². The lowest BCUT2D eigenvalue weighted by atomic mass is 9.88. The minimum atomic E-state index is -0.922. The maximum Gasteiger partial charge on any atom is 0.303 e. The van der Waals surface area contributed by atoms with Gasteiger partial charge >= 0.3 is 5.97 Å². The second kappa shape index (κ2) is 13.0. The highest BCUT2D eigenvalue weighted by Crippen LogP contribution is 2.43. The molecule has 1 saturated carbocycles. The lowest BCUT2D eigenvalue weighted by molar-refractivity contribution is -0.201. The molecule has 0 radical (unpaired) electrons. The molecule has 6 atom stereocenters. The Hall–Kier alpha value is -1.45. The van der Waals surface area contributed by atoms with Crippen LogP contribution >= 0.6 is 11.3 Å². The monoisotopic (exact) mass is 494 g/mol. The fourth-order valence-corrected chi connectivity index (χ4v) is 6.03. The fraction of sp³-hybridized carbons (Fsp3) is 0.731. The third-order valence-electron chi connectivity index (χ3n) is 6.99. The van der Waals surface area contributed by atoms with Crippen molar-refractivity contribution in [2.75, 3.05) is 13.2 Å². The van der Waals surface area contributed by atoms with E-state index < -0.39 is 18.0 Å². The average Bonchev–Trinajstić information content (AvgIpc) is 3.45. The molecule has 0 spiro atoms. The van der Waals surface area contributed by atoms with E-state index in [1.807, 2.05) is 0 Å². The number of aliphatic hydroxyl groups is 1. The summed E-state index contributed by atoms with van der Waals surface area (Å²) >= 11 is 1.76. The molecule has 3 heterocycles. The van der Waals surface area contributed by atoms with Crippen molar-refractivity contribution >= 4 is 17.3 Å². The SMILES string of the molecule is O=C(O)C[C@@H]1[C@@H](C(=CCCCc2cccs2)OC2CCCCO2)[C@H](OC2CCCCO2)C[C@@H]1O. The van der Waals surface area contributed by atoms with E-state index in [9.17, 15) is 15.0 Å². The van der Waals surface area contributed by atoms with Crippen molar-refractivity contribution in [2.24, 2.45) is 11.8 Å². The Kier molecular flexibility index (Phi) is 9.82. The van der Waals surface area contributed by atoms with Gasteiger partial charge in [-0.05, 0) is 68.9 Å². The van der Waals surface area contributed by atoms with Crippen molar-refractivity contribution in [1.82, 2.24) is 0 Å². The Labute approximate surface area is 206 Å². The molecule has 8 heteroatoms. The van der Waals surface area contributed by atoms with E-state index in [1.54, 1.807) is 11.3 Å². The number of hydrogen-bond acceptors (Lipinski definition) is 7. The largest absolute Gasteiger partial charge is 0.481 e. The van der Waals surface area contributed by atoms with Gasteiger partial charge in [-0.3, -0.25) is 4.79 Å². The van der Waals surface area contributed by atoms with Crippen molar-refractivity contribution in [3.63, 3.8) is 0 Å². The number of aryl methyl sites for hydroxylation is 1. The summed E-state index contributed by atoms with van der Waals surface area (Å²) < 4.78 is 24.4. The molecule has 1 aliphatic carbocycles. The first-order chi connectivity index (χ1) is 16.6. The van der Waals surface area contributed by atoms with Crippen LogP contribution < -0.4 is 0 Å². The molecule has 7 nitrogen and oxygen atoms in total. The van der Waals surface area contributed by atoms with Gasteiger partial charge in [0.05, 0.1) is 25.2 Å². The molecule has 2 unspecified atom stereocenters. The predicted octanol–water partition coefficient (Wildman–Crippen LogP) is 4.88. The van der Waals surface area contributed by atoms with E-state index in [4.69, 9.17) is 18.9 Å². The zero-order chi connectivity index (χ0) is 23.8. The molecule has 3 fully saturated rings. The summed E-state index contributed by atoms with van der Waals surface area (Å²) in [6.45, 7) is 1.33. The molecular weight excluding hydrogens is 456 g/mol. The van der Waals surface area contributed by atoms with Crippen LogP contribution in [-0.4, -0.2) is 54.2 Å². The normalized spacial score (nSPS) is 32.6. The lowest BCUT2D eigenvalue weighted by Gasteiger charge is -2.33. The van der Waals surface area contributed by atoms with E-state index in [-0.39, 0.29) is 31.0 Å². The highest BCUT2D eigenvalue weighted by molar-refractivity contribution is 7.09. The third kappa shape index (κ3) is 7.28. The van der Waals surface area contributed by atoms with Crippen molar-refractivity contribution < 1.29 is 34.0 Å². The zero-order valence-electron chi connectivity index (χ0n) is 19.8. The molecule has 2 aliphatic heterocycles. The molecule has 3 aliphatic rings.